The number of ether oxygens (including phenoxy) is 2. The zero-order valence-electron chi connectivity index (χ0n) is 21.3. The summed E-state index contributed by atoms with van der Waals surface area (Å²) >= 11 is 0. The Hall–Kier alpha value is -4.50. The van der Waals surface area contributed by atoms with Crippen LogP contribution in [0.2, 0.25) is 0 Å². The van der Waals surface area contributed by atoms with Gasteiger partial charge >= 0.3 is 6.61 Å². The highest BCUT2D eigenvalue weighted by Crippen LogP contribution is 2.40. The number of carbonyl (C=O) groups excluding carboxylic acids is 1. The number of carbonyl (C=O) groups is 1. The summed E-state index contributed by atoms with van der Waals surface area (Å²) in [7, 11) is 2.93. The number of nitrogens with two attached hydrogens (primary N) is 1. The third-order valence-electron chi connectivity index (χ3n) is 7.14. The molecule has 2 aromatic carbocycles. The molecule has 1 amide bonds. The van der Waals surface area contributed by atoms with E-state index in [-0.39, 0.29) is 11.3 Å². The van der Waals surface area contributed by atoms with Gasteiger partial charge in [-0.2, -0.15) is 24.2 Å². The summed E-state index contributed by atoms with van der Waals surface area (Å²) in [4.78, 5) is 12.0. The molecule has 2 aromatic heterocycles. The molecular weight excluding hydrogens is 510 g/mol. The second-order valence-electron chi connectivity index (χ2n) is 9.62. The first-order valence-corrected chi connectivity index (χ1v) is 12.3. The van der Waals surface area contributed by atoms with Crippen molar-refractivity contribution in [3.05, 3.63) is 47.8 Å². The van der Waals surface area contributed by atoms with Crippen molar-refractivity contribution in [1.29, 1.82) is 5.26 Å². The van der Waals surface area contributed by atoms with Gasteiger partial charge in [0.2, 0.25) is 0 Å². The number of amides is 1. The largest absolute Gasteiger partial charge is 0.496 e. The Morgan fingerprint density at radius 1 is 1.23 bits per heavy atom. The van der Waals surface area contributed by atoms with Crippen LogP contribution in [-0.2, 0) is 13.6 Å². The van der Waals surface area contributed by atoms with E-state index in [0.717, 1.165) is 30.4 Å². The minimum absolute atomic E-state index is 0.0564. The number of methoxy groups -OCH3 is 1. The summed E-state index contributed by atoms with van der Waals surface area (Å²) in [5.41, 5.74) is 7.54. The van der Waals surface area contributed by atoms with Crippen LogP contribution in [0.3, 0.4) is 0 Å². The quantitative estimate of drug-likeness (QED) is 0.329. The number of aliphatic hydroxyl groups is 1. The number of hydrogen-bond donors (Lipinski definition) is 2. The van der Waals surface area contributed by atoms with E-state index in [1.807, 2.05) is 12.3 Å². The van der Waals surface area contributed by atoms with Gasteiger partial charge in [-0.1, -0.05) is 0 Å². The standard InChI is InChI=1S/C27H26F2N6O4/c1-34-24(16-10-20(38-2)23(25(31)36)21(11-16)39-26(28)29)22-17(12-30)8-15(9-19(22)33-34)18-13-32-35(14-18)7-6-27(37)4-3-5-27/h8-11,13-14,26,37H,3-7H2,1-2H3,(H2,31,36). The normalized spacial score (nSPS) is 14.3. The molecular formula is C27H26F2N6O4. The summed E-state index contributed by atoms with van der Waals surface area (Å²) < 4.78 is 39.5. The Kier molecular flexibility index (Phi) is 6.69. The molecule has 1 saturated carbocycles. The molecule has 12 heteroatoms. The molecule has 0 aliphatic heterocycles. The minimum atomic E-state index is -3.21. The van der Waals surface area contributed by atoms with E-state index in [2.05, 4.69) is 21.0 Å². The Bertz CT molecular complexity index is 1620. The van der Waals surface area contributed by atoms with E-state index in [1.165, 1.54) is 23.9 Å². The third-order valence-corrected chi connectivity index (χ3v) is 7.14. The number of aryl methyl sites for hydroxylation is 2. The SMILES string of the molecule is COc1cc(-c2c3c(C#N)cc(-c4cnn(CCC5(O)CCC5)c4)cc3nn2C)cc(OC(F)F)c1C(N)=O. The molecule has 4 aromatic rings. The number of benzene rings is 2. The van der Waals surface area contributed by atoms with Crippen LogP contribution >= 0.6 is 0 Å². The fraction of sp³-hybridized carbons (Fsp3) is 0.333. The van der Waals surface area contributed by atoms with E-state index >= 15 is 0 Å². The summed E-state index contributed by atoms with van der Waals surface area (Å²) in [5.74, 6) is -1.50. The molecule has 0 spiro atoms. The summed E-state index contributed by atoms with van der Waals surface area (Å²) in [6, 6.07) is 8.44. The van der Waals surface area contributed by atoms with Crippen molar-refractivity contribution < 1.29 is 28.2 Å². The number of nitriles is 1. The topological polar surface area (TPSA) is 141 Å². The lowest BCUT2D eigenvalue weighted by Gasteiger charge is -2.36. The third kappa shape index (κ3) is 4.88. The van der Waals surface area contributed by atoms with Crippen LogP contribution in [0.15, 0.2) is 36.7 Å². The van der Waals surface area contributed by atoms with E-state index in [1.54, 1.807) is 24.0 Å². The predicted molar refractivity (Wildman–Crippen MR) is 137 cm³/mol. The van der Waals surface area contributed by atoms with E-state index in [9.17, 15) is 23.9 Å². The first-order valence-electron chi connectivity index (χ1n) is 12.3. The van der Waals surface area contributed by atoms with Crippen molar-refractivity contribution in [2.75, 3.05) is 7.11 Å². The average molecular weight is 537 g/mol. The lowest BCUT2D eigenvalue weighted by atomic mass is 9.78. The van der Waals surface area contributed by atoms with Crippen molar-refractivity contribution in [2.45, 2.75) is 44.4 Å². The molecule has 0 bridgehead atoms. The monoisotopic (exact) mass is 536 g/mol. The van der Waals surface area contributed by atoms with Crippen molar-refractivity contribution >= 4 is 16.8 Å². The van der Waals surface area contributed by atoms with Gasteiger partial charge in [0.25, 0.3) is 5.91 Å². The maximum atomic E-state index is 13.2. The van der Waals surface area contributed by atoms with Crippen LogP contribution in [0.1, 0.15) is 41.6 Å². The van der Waals surface area contributed by atoms with Crippen LogP contribution in [-0.4, -0.2) is 49.9 Å². The molecule has 2 heterocycles. The molecule has 0 unspecified atom stereocenters. The Labute approximate surface area is 222 Å². The number of fused-ring (bicyclic) bond motifs is 1. The van der Waals surface area contributed by atoms with Gasteiger partial charge in [0, 0.05) is 36.3 Å². The lowest BCUT2D eigenvalue weighted by molar-refractivity contribution is -0.0502. The summed E-state index contributed by atoms with van der Waals surface area (Å²) in [5, 5.41) is 29.9. The van der Waals surface area contributed by atoms with E-state index in [4.69, 9.17) is 10.5 Å². The number of rotatable bonds is 9. The van der Waals surface area contributed by atoms with Gasteiger partial charge in [-0.3, -0.25) is 14.2 Å². The van der Waals surface area contributed by atoms with Crippen molar-refractivity contribution in [1.82, 2.24) is 19.6 Å². The predicted octanol–water partition coefficient (Wildman–Crippen LogP) is 3.99. The minimum Gasteiger partial charge on any atom is -0.496 e. The molecule has 0 radical (unpaired) electrons. The number of hydrogen-bond acceptors (Lipinski definition) is 7. The van der Waals surface area contributed by atoms with Crippen molar-refractivity contribution in [3.63, 3.8) is 0 Å². The molecule has 39 heavy (non-hydrogen) atoms. The maximum absolute atomic E-state index is 13.2. The fourth-order valence-electron chi connectivity index (χ4n) is 5.03. The molecule has 1 aliphatic rings. The first kappa shape index (κ1) is 26.1. The molecule has 0 saturated heterocycles. The molecule has 10 nitrogen and oxygen atoms in total. The smallest absolute Gasteiger partial charge is 0.387 e. The highest BCUT2D eigenvalue weighted by molar-refractivity contribution is 6.03. The number of primary amides is 1. The molecule has 1 fully saturated rings. The fourth-order valence-corrected chi connectivity index (χ4v) is 5.03. The molecule has 0 atom stereocenters. The van der Waals surface area contributed by atoms with Gasteiger partial charge in [0.15, 0.2) is 0 Å². The van der Waals surface area contributed by atoms with Gasteiger partial charge in [0.1, 0.15) is 17.1 Å². The zero-order chi connectivity index (χ0) is 27.9. The number of alkyl halides is 2. The Morgan fingerprint density at radius 3 is 2.59 bits per heavy atom. The number of aromatic nitrogens is 4. The second-order valence-corrected chi connectivity index (χ2v) is 9.62. The Morgan fingerprint density at radius 2 is 1.97 bits per heavy atom. The van der Waals surface area contributed by atoms with Gasteiger partial charge in [-0.05, 0) is 55.5 Å². The maximum Gasteiger partial charge on any atom is 0.387 e. The zero-order valence-corrected chi connectivity index (χ0v) is 21.3. The van der Waals surface area contributed by atoms with Crippen LogP contribution in [0.25, 0.3) is 33.3 Å². The van der Waals surface area contributed by atoms with Crippen molar-refractivity contribution in [2.24, 2.45) is 12.8 Å². The number of nitrogens with zero attached hydrogens (tertiary/aromatic N) is 5. The van der Waals surface area contributed by atoms with Gasteiger partial charge in [0.05, 0.1) is 41.8 Å². The molecule has 1 aliphatic carbocycles. The Balaban J connectivity index is 1.58. The van der Waals surface area contributed by atoms with Crippen LogP contribution in [0.5, 0.6) is 11.5 Å². The first-order chi connectivity index (χ1) is 18.6. The second kappa shape index (κ2) is 9.99. The molecule has 3 N–H and O–H groups in total. The lowest BCUT2D eigenvalue weighted by Crippen LogP contribution is -2.37. The van der Waals surface area contributed by atoms with Crippen LogP contribution in [0.4, 0.5) is 8.78 Å². The van der Waals surface area contributed by atoms with E-state index in [0.29, 0.717) is 40.7 Å². The van der Waals surface area contributed by atoms with Crippen LogP contribution in [0, 0.1) is 11.3 Å². The number of halogens is 2. The summed E-state index contributed by atoms with van der Waals surface area (Å²) in [6.45, 7) is -2.63. The molecule has 5 rings (SSSR count). The van der Waals surface area contributed by atoms with Gasteiger partial charge in [-0.15, -0.1) is 0 Å². The highest BCUT2D eigenvalue weighted by atomic mass is 19.3. The highest BCUT2D eigenvalue weighted by Gasteiger charge is 2.33. The molecule has 202 valence electrons. The van der Waals surface area contributed by atoms with Crippen LogP contribution < -0.4 is 15.2 Å². The van der Waals surface area contributed by atoms with E-state index < -0.39 is 23.9 Å². The van der Waals surface area contributed by atoms with Crippen molar-refractivity contribution in [3.8, 4) is 40.0 Å². The summed E-state index contributed by atoms with van der Waals surface area (Å²) in [6.07, 6.45) is 6.81. The van der Waals surface area contributed by atoms with Gasteiger partial charge in [-0.25, -0.2) is 0 Å². The van der Waals surface area contributed by atoms with Gasteiger partial charge < -0.3 is 20.3 Å². The average Bonchev–Trinajstić information content (AvgIpc) is 3.48.